The van der Waals surface area contributed by atoms with E-state index in [1.165, 1.54) is 26.5 Å². The van der Waals surface area contributed by atoms with Gasteiger partial charge in [-0.25, -0.2) is 13.8 Å². The molecule has 31 heavy (non-hydrogen) atoms. The van der Waals surface area contributed by atoms with Crippen LogP contribution in [0.15, 0.2) is 47.6 Å². The Hall–Kier alpha value is -3.78. The summed E-state index contributed by atoms with van der Waals surface area (Å²) in [6, 6.07) is 13.2. The molecule has 10 nitrogen and oxygen atoms in total. The standard InChI is InChI=1S/C20H22N4O6S/c1-28-17-8-9-19(29-2)18(12-17)24(31(3,26)27)14-20(25)23-22-13-15-4-6-16(7-5-15)30-11-10-21/h4-9,12-13H,11,14H2,1-3H3,(H,23,25)/b22-13-. The second kappa shape index (κ2) is 10.8. The lowest BCUT2D eigenvalue weighted by atomic mass is 10.2. The molecule has 1 N–H and O–H groups in total. The van der Waals surface area contributed by atoms with Crippen LogP contribution < -0.4 is 23.9 Å². The summed E-state index contributed by atoms with van der Waals surface area (Å²) < 4.78 is 41.1. The first-order chi connectivity index (χ1) is 14.8. The van der Waals surface area contributed by atoms with Crippen molar-refractivity contribution < 1.29 is 27.4 Å². The summed E-state index contributed by atoms with van der Waals surface area (Å²) in [5.41, 5.74) is 3.13. The van der Waals surface area contributed by atoms with E-state index in [4.69, 9.17) is 19.5 Å². The monoisotopic (exact) mass is 446 g/mol. The molecule has 0 bridgehead atoms. The Bertz CT molecular complexity index is 1080. The fraction of sp³-hybridized carbons (Fsp3) is 0.250. The molecular formula is C20H22N4O6S. The van der Waals surface area contributed by atoms with Crippen LogP contribution in [0.3, 0.4) is 0 Å². The van der Waals surface area contributed by atoms with E-state index in [9.17, 15) is 13.2 Å². The zero-order valence-electron chi connectivity index (χ0n) is 17.2. The Kier molecular flexibility index (Phi) is 8.22. The van der Waals surface area contributed by atoms with E-state index < -0.39 is 22.5 Å². The van der Waals surface area contributed by atoms with Crippen LogP contribution in [0, 0.1) is 11.3 Å². The normalized spacial score (nSPS) is 10.9. The topological polar surface area (TPSA) is 130 Å². The highest BCUT2D eigenvalue weighted by Crippen LogP contribution is 2.33. The van der Waals surface area contributed by atoms with Crippen molar-refractivity contribution >= 4 is 27.8 Å². The van der Waals surface area contributed by atoms with Gasteiger partial charge in [-0.3, -0.25) is 9.10 Å². The third-order valence-electron chi connectivity index (χ3n) is 3.93. The second-order valence-electron chi connectivity index (χ2n) is 6.12. The predicted octanol–water partition coefficient (Wildman–Crippen LogP) is 1.52. The van der Waals surface area contributed by atoms with Crippen LogP contribution in [0.2, 0.25) is 0 Å². The maximum atomic E-state index is 12.3. The third-order valence-corrected chi connectivity index (χ3v) is 5.06. The predicted molar refractivity (Wildman–Crippen MR) is 115 cm³/mol. The summed E-state index contributed by atoms with van der Waals surface area (Å²) in [5.74, 6) is 0.547. The van der Waals surface area contributed by atoms with Crippen molar-refractivity contribution in [2.24, 2.45) is 5.10 Å². The van der Waals surface area contributed by atoms with Crippen LogP contribution >= 0.6 is 0 Å². The number of methoxy groups -OCH3 is 2. The van der Waals surface area contributed by atoms with Crippen molar-refractivity contribution in [3.8, 4) is 23.3 Å². The van der Waals surface area contributed by atoms with E-state index >= 15 is 0 Å². The summed E-state index contributed by atoms with van der Waals surface area (Å²) in [7, 11) is -0.972. The van der Waals surface area contributed by atoms with Gasteiger partial charge in [-0.15, -0.1) is 0 Å². The van der Waals surface area contributed by atoms with Crippen molar-refractivity contribution in [1.82, 2.24) is 5.43 Å². The Balaban J connectivity index is 2.10. The number of benzene rings is 2. The Morgan fingerprint density at radius 2 is 1.84 bits per heavy atom. The molecule has 2 aromatic rings. The maximum absolute atomic E-state index is 12.3. The van der Waals surface area contributed by atoms with Gasteiger partial charge in [0, 0.05) is 6.07 Å². The zero-order chi connectivity index (χ0) is 22.9. The number of nitrogens with zero attached hydrogens (tertiary/aromatic N) is 3. The first-order valence-electron chi connectivity index (χ1n) is 8.90. The highest BCUT2D eigenvalue weighted by atomic mass is 32.2. The molecule has 164 valence electrons. The summed E-state index contributed by atoms with van der Waals surface area (Å²) >= 11 is 0. The van der Waals surface area contributed by atoms with Crippen molar-refractivity contribution in [3.63, 3.8) is 0 Å². The van der Waals surface area contributed by atoms with Crippen molar-refractivity contribution in [1.29, 1.82) is 5.26 Å². The number of nitriles is 1. The number of ether oxygens (including phenoxy) is 3. The molecule has 0 aliphatic heterocycles. The second-order valence-corrected chi connectivity index (χ2v) is 8.02. The molecule has 11 heteroatoms. The van der Waals surface area contributed by atoms with E-state index in [2.05, 4.69) is 10.5 Å². The van der Waals surface area contributed by atoms with E-state index in [0.717, 1.165) is 10.6 Å². The summed E-state index contributed by atoms with van der Waals surface area (Å²) in [5, 5.41) is 12.3. The number of amides is 1. The number of hydrogen-bond donors (Lipinski definition) is 1. The molecular weight excluding hydrogens is 424 g/mol. The fourth-order valence-electron chi connectivity index (χ4n) is 2.48. The lowest BCUT2D eigenvalue weighted by Crippen LogP contribution is -2.39. The summed E-state index contributed by atoms with van der Waals surface area (Å²) in [6.45, 7) is -0.570. The molecule has 0 radical (unpaired) electrons. The number of anilines is 1. The van der Waals surface area contributed by atoms with Crippen LogP contribution in [0.5, 0.6) is 17.2 Å². The van der Waals surface area contributed by atoms with E-state index in [1.54, 1.807) is 36.4 Å². The molecule has 1 amide bonds. The number of carbonyl (C=O) groups excluding carboxylic acids is 1. The maximum Gasteiger partial charge on any atom is 0.260 e. The number of sulfonamides is 1. The Labute approximate surface area is 180 Å². The minimum atomic E-state index is -3.81. The first-order valence-corrected chi connectivity index (χ1v) is 10.7. The third kappa shape index (κ3) is 6.90. The molecule has 0 saturated carbocycles. The van der Waals surface area contributed by atoms with Crippen LogP contribution in [0.1, 0.15) is 5.56 Å². The highest BCUT2D eigenvalue weighted by Gasteiger charge is 2.24. The molecule has 0 aromatic heterocycles. The molecule has 0 heterocycles. The smallest absolute Gasteiger partial charge is 0.260 e. The zero-order valence-corrected chi connectivity index (χ0v) is 18.0. The number of carbonyl (C=O) groups is 1. The molecule has 0 unspecified atom stereocenters. The average molecular weight is 446 g/mol. The van der Waals surface area contributed by atoms with Gasteiger partial charge in [-0.2, -0.15) is 10.4 Å². The molecule has 0 spiro atoms. The number of rotatable bonds is 10. The number of hydrogen-bond acceptors (Lipinski definition) is 8. The van der Waals surface area contributed by atoms with Crippen LogP contribution in [-0.4, -0.2) is 54.2 Å². The van der Waals surface area contributed by atoms with Gasteiger partial charge < -0.3 is 14.2 Å². The summed E-state index contributed by atoms with van der Waals surface area (Å²) in [6.07, 6.45) is 2.38. The van der Waals surface area contributed by atoms with Crippen molar-refractivity contribution in [2.75, 3.05) is 37.9 Å². The Morgan fingerprint density at radius 1 is 1.16 bits per heavy atom. The molecule has 2 aromatic carbocycles. The molecule has 0 saturated heterocycles. The van der Waals surface area contributed by atoms with Gasteiger partial charge in [0.05, 0.1) is 32.4 Å². The lowest BCUT2D eigenvalue weighted by molar-refractivity contribution is -0.119. The van der Waals surface area contributed by atoms with Gasteiger partial charge in [-0.1, -0.05) is 0 Å². The SMILES string of the molecule is COc1ccc(OC)c(N(CC(=O)N/N=C\c2ccc(OCC#N)cc2)S(C)(=O)=O)c1. The lowest BCUT2D eigenvalue weighted by Gasteiger charge is -2.23. The number of nitrogens with one attached hydrogen (secondary N) is 1. The Morgan fingerprint density at radius 3 is 2.42 bits per heavy atom. The van der Waals surface area contributed by atoms with Gasteiger partial charge in [-0.05, 0) is 42.0 Å². The summed E-state index contributed by atoms with van der Waals surface area (Å²) in [4.78, 5) is 12.3. The molecule has 2 rings (SSSR count). The quantitative estimate of drug-likeness (QED) is 0.432. The van der Waals surface area contributed by atoms with Gasteiger partial charge in [0.1, 0.15) is 29.9 Å². The minimum Gasteiger partial charge on any atom is -0.497 e. The molecule has 0 atom stereocenters. The van der Waals surface area contributed by atoms with Crippen molar-refractivity contribution in [2.45, 2.75) is 0 Å². The fourth-order valence-corrected chi connectivity index (χ4v) is 3.33. The van der Waals surface area contributed by atoms with Crippen LogP contribution in [0.4, 0.5) is 5.69 Å². The van der Waals surface area contributed by atoms with Gasteiger partial charge in [0.25, 0.3) is 5.91 Å². The van der Waals surface area contributed by atoms with Gasteiger partial charge in [0.2, 0.25) is 10.0 Å². The van der Waals surface area contributed by atoms with Gasteiger partial charge >= 0.3 is 0 Å². The average Bonchev–Trinajstić information content (AvgIpc) is 2.75. The van der Waals surface area contributed by atoms with E-state index in [1.807, 2.05) is 6.07 Å². The molecule has 0 aliphatic rings. The van der Waals surface area contributed by atoms with Crippen LogP contribution in [-0.2, 0) is 14.8 Å². The largest absolute Gasteiger partial charge is 0.497 e. The highest BCUT2D eigenvalue weighted by molar-refractivity contribution is 7.92. The van der Waals surface area contributed by atoms with E-state index in [0.29, 0.717) is 17.1 Å². The first kappa shape index (κ1) is 23.5. The van der Waals surface area contributed by atoms with E-state index in [-0.39, 0.29) is 18.0 Å². The van der Waals surface area contributed by atoms with Gasteiger partial charge in [0.15, 0.2) is 6.61 Å². The number of hydrazone groups is 1. The minimum absolute atomic E-state index is 0.0571. The molecule has 0 fully saturated rings. The molecule has 0 aliphatic carbocycles. The van der Waals surface area contributed by atoms with Crippen LogP contribution in [0.25, 0.3) is 0 Å². The van der Waals surface area contributed by atoms with Crippen molar-refractivity contribution in [3.05, 3.63) is 48.0 Å².